The molecule has 1 aromatic heterocycles. The maximum Gasteiger partial charge on any atom is 0.267 e. The highest BCUT2D eigenvalue weighted by Crippen LogP contribution is 2.17. The molecule has 0 aliphatic rings. The Bertz CT molecular complexity index is 804. The number of nitrogens with one attached hydrogen (secondary N) is 2. The Morgan fingerprint density at radius 3 is 2.64 bits per heavy atom. The van der Waals surface area contributed by atoms with Crippen LogP contribution in [0.5, 0.6) is 5.75 Å². The Labute approximate surface area is 129 Å². The fourth-order valence-electron chi connectivity index (χ4n) is 2.38. The Balaban J connectivity index is 1.69. The van der Waals surface area contributed by atoms with Crippen molar-refractivity contribution in [2.45, 2.75) is 13.5 Å². The summed E-state index contributed by atoms with van der Waals surface area (Å²) in [7, 11) is 1.63. The van der Waals surface area contributed by atoms with Crippen molar-refractivity contribution < 1.29 is 9.53 Å². The lowest BCUT2D eigenvalue weighted by molar-refractivity contribution is 0.0947. The van der Waals surface area contributed by atoms with Gasteiger partial charge < -0.3 is 15.0 Å². The molecule has 2 N–H and O–H groups in total. The van der Waals surface area contributed by atoms with Gasteiger partial charge in [-0.3, -0.25) is 4.79 Å². The number of benzene rings is 2. The summed E-state index contributed by atoms with van der Waals surface area (Å²) in [6.07, 6.45) is 0. The van der Waals surface area contributed by atoms with Crippen molar-refractivity contribution >= 4 is 16.8 Å². The first-order valence-electron chi connectivity index (χ1n) is 7.16. The molecule has 1 heterocycles. The normalized spacial score (nSPS) is 10.6. The minimum absolute atomic E-state index is 0.107. The molecule has 0 bridgehead atoms. The van der Waals surface area contributed by atoms with Gasteiger partial charge in [-0.15, -0.1) is 0 Å². The Morgan fingerprint density at radius 2 is 1.91 bits per heavy atom. The summed E-state index contributed by atoms with van der Waals surface area (Å²) in [6.45, 7) is 2.51. The molecule has 3 aromatic rings. The van der Waals surface area contributed by atoms with Crippen LogP contribution in [-0.4, -0.2) is 18.0 Å². The van der Waals surface area contributed by atoms with Gasteiger partial charge in [0.1, 0.15) is 11.4 Å². The number of carbonyl (C=O) groups excluding carboxylic acids is 1. The number of ether oxygens (including phenoxy) is 1. The summed E-state index contributed by atoms with van der Waals surface area (Å²) in [5.41, 5.74) is 3.75. The van der Waals surface area contributed by atoms with Gasteiger partial charge in [-0.1, -0.05) is 24.3 Å². The van der Waals surface area contributed by atoms with Crippen LogP contribution in [0, 0.1) is 6.92 Å². The van der Waals surface area contributed by atoms with Crippen LogP contribution in [-0.2, 0) is 6.54 Å². The topological polar surface area (TPSA) is 54.1 Å². The van der Waals surface area contributed by atoms with Crippen LogP contribution in [0.3, 0.4) is 0 Å². The van der Waals surface area contributed by atoms with Crippen molar-refractivity contribution in [2.75, 3.05) is 7.11 Å². The lowest BCUT2D eigenvalue weighted by atomic mass is 10.2. The molecular weight excluding hydrogens is 276 g/mol. The molecule has 0 aliphatic heterocycles. The monoisotopic (exact) mass is 294 g/mol. The summed E-state index contributed by atoms with van der Waals surface area (Å²) in [6, 6.07) is 15.6. The number of hydrogen-bond acceptors (Lipinski definition) is 2. The number of rotatable bonds is 4. The van der Waals surface area contributed by atoms with Gasteiger partial charge in [-0.25, -0.2) is 0 Å². The average molecular weight is 294 g/mol. The standard InChI is InChI=1S/C18H18N2O2/c1-12-3-6-14-10-17(20-16(14)9-12)18(21)19-11-13-4-7-15(22-2)8-5-13/h3-10,20H,11H2,1-2H3,(H,19,21). The maximum absolute atomic E-state index is 12.2. The highest BCUT2D eigenvalue weighted by molar-refractivity contribution is 5.98. The average Bonchev–Trinajstić information content (AvgIpc) is 2.96. The van der Waals surface area contributed by atoms with Crippen molar-refractivity contribution in [2.24, 2.45) is 0 Å². The fraction of sp³-hybridized carbons (Fsp3) is 0.167. The first-order valence-corrected chi connectivity index (χ1v) is 7.16. The first-order chi connectivity index (χ1) is 10.7. The second-order valence-corrected chi connectivity index (χ2v) is 5.30. The smallest absolute Gasteiger partial charge is 0.267 e. The van der Waals surface area contributed by atoms with Crippen molar-refractivity contribution in [3.8, 4) is 5.75 Å². The van der Waals surface area contributed by atoms with Gasteiger partial charge in [0.2, 0.25) is 0 Å². The molecule has 2 aromatic carbocycles. The van der Waals surface area contributed by atoms with Gasteiger partial charge in [0.05, 0.1) is 7.11 Å². The summed E-state index contributed by atoms with van der Waals surface area (Å²) in [5.74, 6) is 0.700. The third-order valence-electron chi connectivity index (χ3n) is 3.63. The molecular formula is C18H18N2O2. The molecule has 0 aliphatic carbocycles. The summed E-state index contributed by atoms with van der Waals surface area (Å²) < 4.78 is 5.12. The third kappa shape index (κ3) is 2.96. The SMILES string of the molecule is COc1ccc(CNC(=O)c2cc3ccc(C)cc3[nH]2)cc1. The molecule has 0 atom stereocenters. The van der Waals surface area contributed by atoms with Crippen LogP contribution in [0.2, 0.25) is 0 Å². The van der Waals surface area contributed by atoms with E-state index in [1.54, 1.807) is 7.11 Å². The van der Waals surface area contributed by atoms with Gasteiger partial charge >= 0.3 is 0 Å². The van der Waals surface area contributed by atoms with E-state index in [1.165, 1.54) is 5.56 Å². The second-order valence-electron chi connectivity index (χ2n) is 5.30. The molecule has 0 fully saturated rings. The molecule has 4 heteroatoms. The number of methoxy groups -OCH3 is 1. The second kappa shape index (κ2) is 5.93. The summed E-state index contributed by atoms with van der Waals surface area (Å²) in [5, 5.41) is 3.96. The number of aryl methyl sites for hydroxylation is 1. The predicted molar refractivity (Wildman–Crippen MR) is 87.2 cm³/mol. The number of carbonyl (C=O) groups is 1. The fourth-order valence-corrected chi connectivity index (χ4v) is 2.38. The predicted octanol–water partition coefficient (Wildman–Crippen LogP) is 3.41. The molecule has 0 spiro atoms. The lowest BCUT2D eigenvalue weighted by Crippen LogP contribution is -2.22. The third-order valence-corrected chi connectivity index (χ3v) is 3.63. The van der Waals surface area contributed by atoms with Crippen LogP contribution in [0.25, 0.3) is 10.9 Å². The number of amides is 1. The van der Waals surface area contributed by atoms with Gasteiger partial charge in [-0.2, -0.15) is 0 Å². The zero-order valence-electron chi connectivity index (χ0n) is 12.6. The van der Waals surface area contributed by atoms with E-state index in [0.29, 0.717) is 12.2 Å². The van der Waals surface area contributed by atoms with Crippen molar-refractivity contribution in [1.82, 2.24) is 10.3 Å². The van der Waals surface area contributed by atoms with Crippen LogP contribution in [0.4, 0.5) is 0 Å². The van der Waals surface area contributed by atoms with Crippen molar-refractivity contribution in [3.63, 3.8) is 0 Å². The maximum atomic E-state index is 12.2. The van der Waals surface area contributed by atoms with E-state index in [4.69, 9.17) is 4.74 Å². The van der Waals surface area contributed by atoms with E-state index in [-0.39, 0.29) is 5.91 Å². The van der Waals surface area contributed by atoms with E-state index < -0.39 is 0 Å². The molecule has 4 nitrogen and oxygen atoms in total. The van der Waals surface area contributed by atoms with Gasteiger partial charge in [0, 0.05) is 17.4 Å². The van der Waals surface area contributed by atoms with E-state index in [9.17, 15) is 4.79 Å². The Kier molecular flexibility index (Phi) is 3.83. The molecule has 0 saturated heterocycles. The van der Waals surface area contributed by atoms with Crippen molar-refractivity contribution in [3.05, 3.63) is 65.4 Å². The van der Waals surface area contributed by atoms with E-state index in [0.717, 1.165) is 22.2 Å². The van der Waals surface area contributed by atoms with Crippen LogP contribution in [0.1, 0.15) is 21.6 Å². The van der Waals surface area contributed by atoms with E-state index in [1.807, 2.05) is 55.5 Å². The molecule has 0 unspecified atom stereocenters. The van der Waals surface area contributed by atoms with Crippen LogP contribution in [0.15, 0.2) is 48.5 Å². The largest absolute Gasteiger partial charge is 0.497 e. The number of aromatic nitrogens is 1. The zero-order valence-corrected chi connectivity index (χ0v) is 12.6. The number of H-pyrrole nitrogens is 1. The minimum Gasteiger partial charge on any atom is -0.497 e. The Morgan fingerprint density at radius 1 is 1.14 bits per heavy atom. The highest BCUT2D eigenvalue weighted by atomic mass is 16.5. The molecule has 22 heavy (non-hydrogen) atoms. The van der Waals surface area contributed by atoms with E-state index >= 15 is 0 Å². The molecule has 0 saturated carbocycles. The molecule has 3 rings (SSSR count). The van der Waals surface area contributed by atoms with Crippen LogP contribution < -0.4 is 10.1 Å². The van der Waals surface area contributed by atoms with Crippen LogP contribution >= 0.6 is 0 Å². The Hall–Kier alpha value is -2.75. The van der Waals surface area contributed by atoms with E-state index in [2.05, 4.69) is 10.3 Å². The summed E-state index contributed by atoms with van der Waals surface area (Å²) in [4.78, 5) is 15.4. The van der Waals surface area contributed by atoms with Gasteiger partial charge in [0.25, 0.3) is 5.91 Å². The number of fused-ring (bicyclic) bond motifs is 1. The van der Waals surface area contributed by atoms with Gasteiger partial charge in [-0.05, 0) is 42.3 Å². The van der Waals surface area contributed by atoms with Crippen molar-refractivity contribution in [1.29, 1.82) is 0 Å². The highest BCUT2D eigenvalue weighted by Gasteiger charge is 2.09. The first kappa shape index (κ1) is 14.2. The number of aromatic amines is 1. The summed E-state index contributed by atoms with van der Waals surface area (Å²) >= 11 is 0. The van der Waals surface area contributed by atoms with Gasteiger partial charge in [0.15, 0.2) is 0 Å². The lowest BCUT2D eigenvalue weighted by Gasteiger charge is -2.05. The minimum atomic E-state index is -0.107. The number of hydrogen-bond donors (Lipinski definition) is 2. The molecule has 0 radical (unpaired) electrons. The molecule has 1 amide bonds. The zero-order chi connectivity index (χ0) is 15.5. The molecule has 112 valence electrons. The quantitative estimate of drug-likeness (QED) is 0.774.